The maximum atomic E-state index is 12.1. The summed E-state index contributed by atoms with van der Waals surface area (Å²) < 4.78 is 5.03. The quantitative estimate of drug-likeness (QED) is 0.616. The number of nitrogens with one attached hydrogen (secondary N) is 2. The van der Waals surface area contributed by atoms with Crippen molar-refractivity contribution in [1.29, 1.82) is 0 Å². The zero-order chi connectivity index (χ0) is 20.7. The van der Waals surface area contributed by atoms with Crippen molar-refractivity contribution in [2.45, 2.75) is 26.3 Å². The molecule has 3 amide bonds. The van der Waals surface area contributed by atoms with Gasteiger partial charge in [-0.25, -0.2) is 4.79 Å². The number of aryl methyl sites for hydroxylation is 1. The number of urea groups is 1. The van der Waals surface area contributed by atoms with Crippen LogP contribution in [0.1, 0.15) is 29.2 Å². The second-order valence-corrected chi connectivity index (χ2v) is 6.71. The smallest absolute Gasteiger partial charge is 0.312 e. The Bertz CT molecular complexity index is 868. The van der Waals surface area contributed by atoms with Gasteiger partial charge in [0, 0.05) is 10.7 Å². The van der Waals surface area contributed by atoms with Crippen molar-refractivity contribution >= 4 is 35.2 Å². The predicted molar refractivity (Wildman–Crippen MR) is 107 cm³/mol. The standard InChI is InChI=1S/C20H22ClN3O4/c1-12-4-3-5-16(13(12)2)23-18(25)11-28-19(26)10-17(24-20(22)27)14-6-8-15(21)9-7-14/h3-9,17H,10-11H2,1-2H3,(H,23,25)(H3,22,24,27)/t17-/m0/s1. The molecule has 0 aromatic heterocycles. The number of benzene rings is 2. The number of esters is 1. The van der Waals surface area contributed by atoms with E-state index < -0.39 is 30.6 Å². The van der Waals surface area contributed by atoms with Crippen molar-refractivity contribution in [3.05, 3.63) is 64.2 Å². The highest BCUT2D eigenvalue weighted by Crippen LogP contribution is 2.20. The Morgan fingerprint density at radius 2 is 1.79 bits per heavy atom. The van der Waals surface area contributed by atoms with E-state index in [4.69, 9.17) is 22.1 Å². The number of rotatable bonds is 7. The number of amides is 3. The number of primary amides is 1. The van der Waals surface area contributed by atoms with E-state index in [0.717, 1.165) is 11.1 Å². The van der Waals surface area contributed by atoms with E-state index >= 15 is 0 Å². The summed E-state index contributed by atoms with van der Waals surface area (Å²) in [6.07, 6.45) is -0.179. The Kier molecular flexibility index (Phi) is 7.40. The SMILES string of the molecule is Cc1cccc(NC(=O)COC(=O)C[C@H](NC(N)=O)c2ccc(Cl)cc2)c1C. The van der Waals surface area contributed by atoms with E-state index in [2.05, 4.69) is 10.6 Å². The first-order valence-corrected chi connectivity index (χ1v) is 8.97. The number of carbonyl (C=O) groups is 3. The molecule has 1 atom stereocenters. The topological polar surface area (TPSA) is 111 Å². The van der Waals surface area contributed by atoms with E-state index in [-0.39, 0.29) is 6.42 Å². The highest BCUT2D eigenvalue weighted by atomic mass is 35.5. The van der Waals surface area contributed by atoms with Crippen molar-refractivity contribution in [3.63, 3.8) is 0 Å². The molecule has 2 rings (SSSR count). The van der Waals surface area contributed by atoms with Crippen molar-refractivity contribution < 1.29 is 19.1 Å². The van der Waals surface area contributed by atoms with Gasteiger partial charge in [-0.3, -0.25) is 9.59 Å². The molecule has 0 aliphatic rings. The molecule has 0 saturated carbocycles. The lowest BCUT2D eigenvalue weighted by Gasteiger charge is -2.17. The molecule has 0 aliphatic carbocycles. The largest absolute Gasteiger partial charge is 0.455 e. The normalized spacial score (nSPS) is 11.4. The van der Waals surface area contributed by atoms with Gasteiger partial charge in [-0.1, -0.05) is 35.9 Å². The third kappa shape index (κ3) is 6.28. The Balaban J connectivity index is 1.93. The van der Waals surface area contributed by atoms with Gasteiger partial charge in [0.15, 0.2) is 6.61 Å². The third-order valence-electron chi connectivity index (χ3n) is 4.20. The summed E-state index contributed by atoms with van der Waals surface area (Å²) in [5.74, 6) is -1.10. The molecule has 0 spiro atoms. The van der Waals surface area contributed by atoms with Crippen LogP contribution in [-0.2, 0) is 14.3 Å². The maximum absolute atomic E-state index is 12.1. The number of hydrogen-bond acceptors (Lipinski definition) is 4. The van der Waals surface area contributed by atoms with Crippen LogP contribution in [0.15, 0.2) is 42.5 Å². The van der Waals surface area contributed by atoms with Crippen LogP contribution in [0, 0.1) is 13.8 Å². The van der Waals surface area contributed by atoms with E-state index in [1.807, 2.05) is 26.0 Å². The molecule has 0 aliphatic heterocycles. The van der Waals surface area contributed by atoms with Gasteiger partial charge in [-0.15, -0.1) is 0 Å². The first-order valence-electron chi connectivity index (χ1n) is 8.59. The van der Waals surface area contributed by atoms with Gasteiger partial charge in [-0.05, 0) is 48.7 Å². The van der Waals surface area contributed by atoms with E-state index in [1.165, 1.54) is 0 Å². The number of halogens is 1. The van der Waals surface area contributed by atoms with Crippen LogP contribution in [-0.4, -0.2) is 24.5 Å². The number of hydrogen-bond donors (Lipinski definition) is 3. The summed E-state index contributed by atoms with van der Waals surface area (Å²) in [7, 11) is 0. The minimum atomic E-state index is -0.777. The highest BCUT2D eigenvalue weighted by Gasteiger charge is 2.19. The fourth-order valence-corrected chi connectivity index (χ4v) is 2.69. The molecule has 0 unspecified atom stereocenters. The van der Waals surface area contributed by atoms with Crippen LogP contribution >= 0.6 is 11.6 Å². The molecular formula is C20H22ClN3O4. The third-order valence-corrected chi connectivity index (χ3v) is 4.45. The molecule has 0 heterocycles. The Morgan fingerprint density at radius 1 is 1.11 bits per heavy atom. The zero-order valence-corrected chi connectivity index (χ0v) is 16.4. The minimum Gasteiger partial charge on any atom is -0.455 e. The Labute approximate surface area is 168 Å². The van der Waals surface area contributed by atoms with Gasteiger partial charge in [0.1, 0.15) is 0 Å². The number of anilines is 1. The molecule has 0 fully saturated rings. The second kappa shape index (κ2) is 9.75. The minimum absolute atomic E-state index is 0.179. The van der Waals surface area contributed by atoms with Gasteiger partial charge >= 0.3 is 12.0 Å². The van der Waals surface area contributed by atoms with Crippen LogP contribution in [0.3, 0.4) is 0 Å². The summed E-state index contributed by atoms with van der Waals surface area (Å²) in [6.45, 7) is 3.40. The van der Waals surface area contributed by atoms with Crippen molar-refractivity contribution in [2.24, 2.45) is 5.73 Å². The molecule has 0 bridgehead atoms. The van der Waals surface area contributed by atoms with Gasteiger partial charge in [0.2, 0.25) is 0 Å². The summed E-state index contributed by atoms with van der Waals surface area (Å²) in [4.78, 5) is 35.4. The summed E-state index contributed by atoms with van der Waals surface area (Å²) in [5, 5.41) is 5.71. The molecule has 2 aromatic carbocycles. The lowest BCUT2D eigenvalue weighted by molar-refractivity contribution is -0.147. The highest BCUT2D eigenvalue weighted by molar-refractivity contribution is 6.30. The van der Waals surface area contributed by atoms with Gasteiger partial charge in [0.25, 0.3) is 5.91 Å². The molecule has 2 aromatic rings. The van der Waals surface area contributed by atoms with Crippen LogP contribution in [0.4, 0.5) is 10.5 Å². The van der Waals surface area contributed by atoms with E-state index in [0.29, 0.717) is 16.3 Å². The number of ether oxygens (including phenoxy) is 1. The molecule has 7 nitrogen and oxygen atoms in total. The summed E-state index contributed by atoms with van der Waals surface area (Å²) in [5.41, 5.74) is 8.46. The van der Waals surface area contributed by atoms with Gasteiger partial charge < -0.3 is 21.1 Å². The van der Waals surface area contributed by atoms with Crippen LogP contribution in [0.25, 0.3) is 0 Å². The summed E-state index contributed by atoms with van der Waals surface area (Å²) >= 11 is 5.85. The van der Waals surface area contributed by atoms with E-state index in [9.17, 15) is 14.4 Å². The molecular weight excluding hydrogens is 382 g/mol. The first-order chi connectivity index (χ1) is 13.3. The van der Waals surface area contributed by atoms with E-state index in [1.54, 1.807) is 30.3 Å². The molecule has 148 valence electrons. The maximum Gasteiger partial charge on any atom is 0.312 e. The van der Waals surface area contributed by atoms with Crippen LogP contribution in [0.5, 0.6) is 0 Å². The first kappa shape index (κ1) is 21.2. The Hall–Kier alpha value is -3.06. The van der Waals surface area contributed by atoms with Gasteiger partial charge in [0.05, 0.1) is 12.5 Å². The molecule has 4 N–H and O–H groups in total. The van der Waals surface area contributed by atoms with Crippen molar-refractivity contribution in [1.82, 2.24) is 5.32 Å². The lowest BCUT2D eigenvalue weighted by atomic mass is 10.0. The van der Waals surface area contributed by atoms with Gasteiger partial charge in [-0.2, -0.15) is 0 Å². The number of nitrogens with two attached hydrogens (primary N) is 1. The van der Waals surface area contributed by atoms with Crippen LogP contribution < -0.4 is 16.4 Å². The molecule has 28 heavy (non-hydrogen) atoms. The number of carbonyl (C=O) groups excluding carboxylic acids is 3. The Morgan fingerprint density at radius 3 is 2.43 bits per heavy atom. The summed E-state index contributed by atoms with van der Waals surface area (Å²) in [6, 6.07) is 10.7. The predicted octanol–water partition coefficient (Wildman–Crippen LogP) is 3.24. The average molecular weight is 404 g/mol. The molecule has 0 saturated heterocycles. The second-order valence-electron chi connectivity index (χ2n) is 6.27. The molecule has 8 heteroatoms. The van der Waals surface area contributed by atoms with Crippen molar-refractivity contribution in [3.8, 4) is 0 Å². The van der Waals surface area contributed by atoms with Crippen molar-refractivity contribution in [2.75, 3.05) is 11.9 Å². The fraction of sp³-hybridized carbons (Fsp3) is 0.250. The molecule has 0 radical (unpaired) electrons. The lowest BCUT2D eigenvalue weighted by Crippen LogP contribution is -2.35. The zero-order valence-electron chi connectivity index (χ0n) is 15.6. The fourth-order valence-electron chi connectivity index (χ4n) is 2.56. The average Bonchev–Trinajstić information content (AvgIpc) is 2.63. The monoisotopic (exact) mass is 403 g/mol. The van der Waals surface area contributed by atoms with Crippen LogP contribution in [0.2, 0.25) is 5.02 Å².